The van der Waals surface area contributed by atoms with E-state index in [1.54, 1.807) is 0 Å². The van der Waals surface area contributed by atoms with Crippen LogP contribution in [0.4, 0.5) is 16.2 Å². The monoisotopic (exact) mass is 676 g/mol. The normalized spacial score (nSPS) is 37.7. The summed E-state index contributed by atoms with van der Waals surface area (Å²) in [7, 11) is -10.0. The van der Waals surface area contributed by atoms with Gasteiger partial charge in [-0.05, 0) is 0 Å². The van der Waals surface area contributed by atoms with Crippen molar-refractivity contribution < 1.29 is 56.2 Å². The number of imidazole rings is 2. The zero-order valence-electron chi connectivity index (χ0n) is 22.3. The fourth-order valence-corrected chi connectivity index (χ4v) is 7.16. The van der Waals surface area contributed by atoms with Crippen LogP contribution < -0.4 is 17.0 Å². The highest BCUT2D eigenvalue weighted by molar-refractivity contribution is 7.52. The van der Waals surface area contributed by atoms with E-state index >= 15 is 4.39 Å². The lowest BCUT2D eigenvalue weighted by Gasteiger charge is -2.25. The molecule has 3 fully saturated rings. The molecule has 8 N–H and O–H groups in total. The molecule has 22 nitrogen and oxygen atoms in total. The maximum Gasteiger partial charge on any atom is 0.472 e. The first-order valence-electron chi connectivity index (χ1n) is 12.9. The van der Waals surface area contributed by atoms with E-state index in [9.17, 15) is 28.8 Å². The van der Waals surface area contributed by atoms with Crippen LogP contribution in [-0.2, 0) is 36.9 Å². The summed E-state index contributed by atoms with van der Waals surface area (Å²) < 4.78 is 76.6. The number of phosphoric ester groups is 1. The van der Waals surface area contributed by atoms with Crippen molar-refractivity contribution in [1.29, 1.82) is 0 Å². The number of ether oxygens (including phenoxy) is 3. The second kappa shape index (κ2) is 10.8. The predicted octanol–water partition coefficient (Wildman–Crippen LogP) is -1.36. The van der Waals surface area contributed by atoms with Crippen LogP contribution in [0.1, 0.15) is 12.5 Å². The fourth-order valence-electron chi connectivity index (χ4n) is 5.20. The van der Waals surface area contributed by atoms with Gasteiger partial charge < -0.3 is 40.6 Å². The van der Waals surface area contributed by atoms with E-state index in [4.69, 9.17) is 39.2 Å². The molecule has 45 heavy (non-hydrogen) atoms. The molecular formula is C20H23FN10O12P2. The average Bonchev–Trinajstić information content (AvgIpc) is 3.72. The van der Waals surface area contributed by atoms with Gasteiger partial charge in [0.1, 0.15) is 36.3 Å². The molecule has 242 valence electrons. The number of aliphatic hydroxyl groups excluding tert-OH is 1. The number of fused-ring (bicyclic) bond motifs is 5. The lowest BCUT2D eigenvalue weighted by Crippen LogP contribution is -2.35. The molecular weight excluding hydrogens is 653 g/mol. The number of nitrogens with zero attached hydrogens (tertiary/aromatic N) is 7. The van der Waals surface area contributed by atoms with Crippen molar-refractivity contribution in [2.75, 3.05) is 24.4 Å². The van der Waals surface area contributed by atoms with Crippen LogP contribution >= 0.6 is 15.4 Å². The molecule has 3 aliphatic heterocycles. The number of aromatic amines is 1. The van der Waals surface area contributed by atoms with Crippen LogP contribution in [0, 0.1) is 0 Å². The van der Waals surface area contributed by atoms with Gasteiger partial charge in [0.25, 0.3) is 5.56 Å². The van der Waals surface area contributed by atoms with Crippen LogP contribution in [0.3, 0.4) is 0 Å². The van der Waals surface area contributed by atoms with E-state index < -0.39 is 83.3 Å². The Morgan fingerprint density at radius 2 is 1.71 bits per heavy atom. The summed E-state index contributed by atoms with van der Waals surface area (Å²) in [5.74, 6) is -0.304. The molecule has 0 aromatic carbocycles. The van der Waals surface area contributed by atoms with Crippen LogP contribution in [0.5, 0.6) is 0 Å². The van der Waals surface area contributed by atoms with Gasteiger partial charge in [0.05, 0.1) is 19.3 Å². The molecule has 2 bridgehead atoms. The Balaban J connectivity index is 1.21. The number of nitrogens with one attached hydrogen (secondary N) is 1. The third-order valence-corrected chi connectivity index (χ3v) is 9.20. The van der Waals surface area contributed by atoms with Crippen molar-refractivity contribution in [3.63, 3.8) is 0 Å². The van der Waals surface area contributed by atoms with Gasteiger partial charge in [-0.1, -0.05) is 0 Å². The van der Waals surface area contributed by atoms with E-state index in [-0.39, 0.29) is 34.1 Å². The zero-order valence-corrected chi connectivity index (χ0v) is 24.1. The maximum absolute atomic E-state index is 15.9. The minimum Gasteiger partial charge on any atom is -0.385 e. The smallest absolute Gasteiger partial charge is 0.385 e. The number of hydrogen-bond donors (Lipinski definition) is 6. The number of H-pyrrole nitrogens is 1. The van der Waals surface area contributed by atoms with Crippen molar-refractivity contribution in [3.8, 4) is 0 Å². The highest BCUT2D eigenvalue weighted by Gasteiger charge is 2.54. The molecule has 25 heteroatoms. The van der Waals surface area contributed by atoms with Crippen molar-refractivity contribution in [3.05, 3.63) is 29.3 Å². The second-order valence-corrected chi connectivity index (χ2v) is 13.2. The number of halogens is 1. The number of phosphoric acid groups is 1. The minimum absolute atomic E-state index is 0.00301. The molecule has 3 saturated heterocycles. The zero-order chi connectivity index (χ0) is 31.8. The quantitative estimate of drug-likeness (QED) is 0.133. The van der Waals surface area contributed by atoms with Gasteiger partial charge in [-0.15, -0.1) is 0 Å². The number of anilines is 2. The number of rotatable bonds is 2. The van der Waals surface area contributed by atoms with Gasteiger partial charge in [0, 0.05) is 0 Å². The fraction of sp³-hybridized carbons (Fsp3) is 0.500. The van der Waals surface area contributed by atoms with Gasteiger partial charge in [-0.3, -0.25) is 37.0 Å². The number of aromatic nitrogens is 8. The van der Waals surface area contributed by atoms with Gasteiger partial charge in [-0.25, -0.2) is 28.9 Å². The Hall–Kier alpha value is -3.47. The first-order valence-corrected chi connectivity index (χ1v) is 16.1. The Morgan fingerprint density at radius 3 is 2.49 bits per heavy atom. The van der Waals surface area contributed by atoms with E-state index in [1.807, 2.05) is 0 Å². The molecule has 4 aromatic rings. The van der Waals surface area contributed by atoms with E-state index in [1.165, 1.54) is 0 Å². The van der Waals surface area contributed by atoms with E-state index in [0.29, 0.717) is 0 Å². The summed E-state index contributed by atoms with van der Waals surface area (Å²) in [6, 6.07) is 0. The molecule has 0 spiro atoms. The molecule has 7 rings (SSSR count). The molecule has 10 atom stereocenters. The summed E-state index contributed by atoms with van der Waals surface area (Å²) in [6.07, 6.45) is -12.0. The first-order chi connectivity index (χ1) is 21.3. The number of aliphatic hydroxyl groups is 1. The average molecular weight is 676 g/mol. The van der Waals surface area contributed by atoms with Gasteiger partial charge in [0.15, 0.2) is 53.9 Å². The van der Waals surface area contributed by atoms with Gasteiger partial charge in [-0.2, -0.15) is 4.98 Å². The lowest BCUT2D eigenvalue weighted by molar-refractivity contribution is -0.168. The minimum atomic E-state index is -5.17. The molecule has 0 aliphatic carbocycles. The molecule has 6 unspecified atom stereocenters. The van der Waals surface area contributed by atoms with Gasteiger partial charge in [0.2, 0.25) is 5.95 Å². The Kier molecular flexibility index (Phi) is 7.26. The third-order valence-electron chi connectivity index (χ3n) is 7.17. The van der Waals surface area contributed by atoms with Crippen molar-refractivity contribution in [1.82, 2.24) is 39.0 Å². The molecule has 0 saturated carbocycles. The highest BCUT2D eigenvalue weighted by Crippen LogP contribution is 2.53. The van der Waals surface area contributed by atoms with Gasteiger partial charge >= 0.3 is 15.4 Å². The van der Waals surface area contributed by atoms with Crippen molar-refractivity contribution in [2.24, 2.45) is 0 Å². The largest absolute Gasteiger partial charge is 0.472 e. The molecule has 0 amide bonds. The summed E-state index contributed by atoms with van der Waals surface area (Å²) >= 11 is 0. The SMILES string of the molecule is Nc1nc2c(ncn2[C@@H]2O[C@@H]3OCP(=O)(O)OC4C(F)[C@H](n5cnc6c(N)ncnc65)O[C@@H]4COP(=O)(O)OC2C3O)c(=O)[nH]1. The molecule has 3 aliphatic rings. The molecule has 4 aromatic heterocycles. The van der Waals surface area contributed by atoms with Crippen LogP contribution in [0.25, 0.3) is 22.3 Å². The highest BCUT2D eigenvalue weighted by atomic mass is 31.2. The summed E-state index contributed by atoms with van der Waals surface area (Å²) in [6.45, 7) is -0.904. The summed E-state index contributed by atoms with van der Waals surface area (Å²) in [4.78, 5) is 55.6. The Labute approximate surface area is 248 Å². The number of hydrogen-bond acceptors (Lipinski definition) is 17. The first kappa shape index (κ1) is 30.2. The molecule has 7 heterocycles. The third kappa shape index (κ3) is 5.30. The standard InChI is InChI=1S/C20H23FN10O12P2/c21-7-11-6(40-17(7)30-3-26-8-13(22)24-2-25-14(8)30)1-39-45(36,37)43-12-10(32)19(38-5-44(34,35)42-11)41-18(12)31-4-27-9-15(31)28-20(23)29-16(9)33/h2-4,6-7,10-12,17-19,32H,1,5H2,(H,34,35)(H,36,37)(H2,22,24,25)(H3,23,28,29,33)/t6-,7?,10?,11?,12?,17-,18-,19+/m1/s1. The predicted molar refractivity (Wildman–Crippen MR) is 142 cm³/mol. The molecule has 0 radical (unpaired) electrons. The second-order valence-electron chi connectivity index (χ2n) is 10.1. The number of nitrogen functional groups attached to an aromatic ring is 2. The van der Waals surface area contributed by atoms with E-state index in [0.717, 1.165) is 28.1 Å². The topological polar surface area (TPSA) is 309 Å². The van der Waals surface area contributed by atoms with Crippen molar-refractivity contribution in [2.45, 2.75) is 49.3 Å². The maximum atomic E-state index is 15.9. The van der Waals surface area contributed by atoms with Crippen molar-refractivity contribution >= 4 is 49.5 Å². The van der Waals surface area contributed by atoms with E-state index in [2.05, 4.69) is 29.9 Å². The lowest BCUT2D eigenvalue weighted by atomic mass is 10.1. The number of nitrogens with two attached hydrogens (primary N) is 2. The van der Waals surface area contributed by atoms with Crippen LogP contribution in [-0.4, -0.2) is 104 Å². The summed E-state index contributed by atoms with van der Waals surface area (Å²) in [5.41, 5.74) is 10.6. The van der Waals surface area contributed by atoms with Crippen LogP contribution in [0.15, 0.2) is 23.8 Å². The Bertz CT molecular complexity index is 1940. The Morgan fingerprint density at radius 1 is 0.978 bits per heavy atom. The number of alkyl halides is 1. The van der Waals surface area contributed by atoms with Crippen LogP contribution in [0.2, 0.25) is 0 Å². The summed E-state index contributed by atoms with van der Waals surface area (Å²) in [5, 5.41) is 10.9.